The molecule has 0 atom stereocenters. The first-order chi connectivity index (χ1) is 12.7. The van der Waals surface area contributed by atoms with Crippen molar-refractivity contribution in [1.29, 1.82) is 0 Å². The van der Waals surface area contributed by atoms with Crippen LogP contribution in [0.5, 0.6) is 17.2 Å². The van der Waals surface area contributed by atoms with Gasteiger partial charge in [-0.05, 0) is 42.5 Å². The maximum Gasteiger partial charge on any atom is 0.416 e. The van der Waals surface area contributed by atoms with Crippen LogP contribution in [-0.2, 0) is 6.18 Å². The van der Waals surface area contributed by atoms with E-state index >= 15 is 0 Å². The molecular weight excluding hydrogens is 383 g/mol. The van der Waals surface area contributed by atoms with Crippen molar-refractivity contribution in [2.75, 3.05) is 19.5 Å². The lowest BCUT2D eigenvalue weighted by Crippen LogP contribution is -2.24. The standard InChI is InChI=1S/C17H16F3N3O3S/c1-25-13-6-10(7-14(26-2)15(13)24)9-21-23-16(27)22-12-5-3-4-11(8-12)17(18,19)20/h3-9,24H,1-2H3,(H2,22,23,27)/b21-9+. The van der Waals surface area contributed by atoms with Crippen LogP contribution in [0, 0.1) is 0 Å². The van der Waals surface area contributed by atoms with Gasteiger partial charge in [0.15, 0.2) is 16.6 Å². The van der Waals surface area contributed by atoms with E-state index in [9.17, 15) is 18.3 Å². The van der Waals surface area contributed by atoms with Crippen LogP contribution in [0.25, 0.3) is 0 Å². The second kappa shape index (κ2) is 8.58. The molecule has 0 amide bonds. The van der Waals surface area contributed by atoms with Crippen LogP contribution in [0.15, 0.2) is 41.5 Å². The second-order valence-electron chi connectivity index (χ2n) is 5.18. The first kappa shape index (κ1) is 20.3. The third-order valence-electron chi connectivity index (χ3n) is 3.33. The fourth-order valence-electron chi connectivity index (χ4n) is 2.09. The first-order valence-electron chi connectivity index (χ1n) is 7.47. The number of methoxy groups -OCH3 is 2. The quantitative estimate of drug-likeness (QED) is 0.404. The molecule has 6 nitrogen and oxygen atoms in total. The van der Waals surface area contributed by atoms with E-state index in [1.807, 2.05) is 0 Å². The lowest BCUT2D eigenvalue weighted by molar-refractivity contribution is -0.137. The predicted octanol–water partition coefficient (Wildman–Crippen LogP) is 3.75. The highest BCUT2D eigenvalue weighted by atomic mass is 32.1. The fraction of sp³-hybridized carbons (Fsp3) is 0.176. The van der Waals surface area contributed by atoms with Crippen molar-refractivity contribution in [1.82, 2.24) is 5.43 Å². The van der Waals surface area contributed by atoms with E-state index < -0.39 is 11.7 Å². The molecule has 27 heavy (non-hydrogen) atoms. The molecule has 3 N–H and O–H groups in total. The average molecular weight is 399 g/mol. The van der Waals surface area contributed by atoms with Gasteiger partial charge in [0.05, 0.1) is 26.0 Å². The molecule has 10 heteroatoms. The molecule has 0 unspecified atom stereocenters. The Bertz CT molecular complexity index is 832. The van der Waals surface area contributed by atoms with Crippen molar-refractivity contribution in [3.8, 4) is 17.2 Å². The van der Waals surface area contributed by atoms with Gasteiger partial charge in [0.1, 0.15) is 0 Å². The summed E-state index contributed by atoms with van der Waals surface area (Å²) >= 11 is 5.00. The molecule has 0 radical (unpaired) electrons. The minimum atomic E-state index is -4.44. The van der Waals surface area contributed by atoms with Gasteiger partial charge in [0.2, 0.25) is 5.75 Å². The Labute approximate surface area is 158 Å². The van der Waals surface area contributed by atoms with E-state index in [-0.39, 0.29) is 28.0 Å². The van der Waals surface area contributed by atoms with Crippen molar-refractivity contribution in [2.24, 2.45) is 5.10 Å². The summed E-state index contributed by atoms with van der Waals surface area (Å²) in [5.41, 5.74) is 2.41. The van der Waals surface area contributed by atoms with Gasteiger partial charge in [-0.3, -0.25) is 5.43 Å². The number of thiocarbonyl (C=S) groups is 1. The average Bonchev–Trinajstić information content (AvgIpc) is 2.62. The predicted molar refractivity (Wildman–Crippen MR) is 99.6 cm³/mol. The third kappa shape index (κ3) is 5.48. The van der Waals surface area contributed by atoms with Crippen molar-refractivity contribution in [3.05, 3.63) is 47.5 Å². The highest BCUT2D eigenvalue weighted by Crippen LogP contribution is 2.36. The largest absolute Gasteiger partial charge is 0.502 e. The van der Waals surface area contributed by atoms with Gasteiger partial charge in [-0.25, -0.2) is 0 Å². The zero-order valence-electron chi connectivity index (χ0n) is 14.3. The van der Waals surface area contributed by atoms with Crippen LogP contribution in [0.4, 0.5) is 18.9 Å². The van der Waals surface area contributed by atoms with Crippen LogP contribution < -0.4 is 20.2 Å². The summed E-state index contributed by atoms with van der Waals surface area (Å²) in [5.74, 6) is 0.243. The molecule has 2 aromatic rings. The highest BCUT2D eigenvalue weighted by molar-refractivity contribution is 7.80. The zero-order valence-corrected chi connectivity index (χ0v) is 15.1. The summed E-state index contributed by atoms with van der Waals surface area (Å²) in [6.07, 6.45) is -3.06. The summed E-state index contributed by atoms with van der Waals surface area (Å²) in [6.45, 7) is 0. The molecule has 2 rings (SSSR count). The number of hydrogen-bond acceptors (Lipinski definition) is 5. The summed E-state index contributed by atoms with van der Waals surface area (Å²) in [6, 6.07) is 7.66. The molecular formula is C17H16F3N3O3S. The summed E-state index contributed by atoms with van der Waals surface area (Å²) < 4.78 is 48.2. The van der Waals surface area contributed by atoms with E-state index in [0.29, 0.717) is 5.56 Å². The van der Waals surface area contributed by atoms with E-state index in [1.54, 1.807) is 0 Å². The Morgan fingerprint density at radius 1 is 1.15 bits per heavy atom. The lowest BCUT2D eigenvalue weighted by atomic mass is 10.2. The molecule has 0 saturated carbocycles. The number of phenolic OH excluding ortho intramolecular Hbond substituents is 1. The number of alkyl halides is 3. The van der Waals surface area contributed by atoms with Crippen LogP contribution in [-0.4, -0.2) is 30.7 Å². The van der Waals surface area contributed by atoms with Crippen LogP contribution in [0.3, 0.4) is 0 Å². The molecule has 0 spiro atoms. The second-order valence-corrected chi connectivity index (χ2v) is 5.58. The number of hydrogen-bond donors (Lipinski definition) is 3. The van der Waals surface area contributed by atoms with Crippen molar-refractivity contribution in [3.63, 3.8) is 0 Å². The molecule has 0 aliphatic rings. The number of ether oxygens (including phenoxy) is 2. The Morgan fingerprint density at radius 2 is 1.78 bits per heavy atom. The molecule has 0 aromatic heterocycles. The van der Waals surface area contributed by atoms with Crippen molar-refractivity contribution < 1.29 is 27.8 Å². The highest BCUT2D eigenvalue weighted by Gasteiger charge is 2.30. The van der Waals surface area contributed by atoms with Gasteiger partial charge in [-0.2, -0.15) is 18.3 Å². The summed E-state index contributed by atoms with van der Waals surface area (Å²) in [5, 5.41) is 16.4. The molecule has 0 aliphatic carbocycles. The molecule has 2 aromatic carbocycles. The van der Waals surface area contributed by atoms with Gasteiger partial charge in [0.25, 0.3) is 0 Å². The van der Waals surface area contributed by atoms with Crippen LogP contribution >= 0.6 is 12.2 Å². The van der Waals surface area contributed by atoms with E-state index in [0.717, 1.165) is 12.1 Å². The minimum Gasteiger partial charge on any atom is -0.502 e. The number of nitrogens with one attached hydrogen (secondary N) is 2. The summed E-state index contributed by atoms with van der Waals surface area (Å²) in [7, 11) is 2.78. The molecule has 0 fully saturated rings. The number of nitrogens with zero attached hydrogens (tertiary/aromatic N) is 1. The smallest absolute Gasteiger partial charge is 0.416 e. The Morgan fingerprint density at radius 3 is 2.33 bits per heavy atom. The first-order valence-corrected chi connectivity index (χ1v) is 7.87. The number of halogens is 3. The number of benzene rings is 2. The maximum absolute atomic E-state index is 12.7. The number of aromatic hydroxyl groups is 1. The van der Waals surface area contributed by atoms with Gasteiger partial charge in [-0.1, -0.05) is 6.07 Å². The van der Waals surface area contributed by atoms with E-state index in [1.165, 1.54) is 44.7 Å². The maximum atomic E-state index is 12.7. The number of rotatable bonds is 5. The molecule has 0 heterocycles. The minimum absolute atomic E-state index is 0.00304. The third-order valence-corrected chi connectivity index (χ3v) is 3.52. The van der Waals surface area contributed by atoms with Gasteiger partial charge in [-0.15, -0.1) is 0 Å². The van der Waals surface area contributed by atoms with Crippen LogP contribution in [0.2, 0.25) is 0 Å². The number of hydrazone groups is 1. The van der Waals surface area contributed by atoms with Gasteiger partial charge < -0.3 is 19.9 Å². The number of phenols is 1. The van der Waals surface area contributed by atoms with Gasteiger partial charge in [0, 0.05) is 11.3 Å². The number of anilines is 1. The Balaban J connectivity index is 2.04. The van der Waals surface area contributed by atoms with E-state index in [2.05, 4.69) is 15.8 Å². The van der Waals surface area contributed by atoms with Crippen LogP contribution in [0.1, 0.15) is 11.1 Å². The van der Waals surface area contributed by atoms with Gasteiger partial charge >= 0.3 is 6.18 Å². The molecule has 144 valence electrons. The monoisotopic (exact) mass is 399 g/mol. The normalized spacial score (nSPS) is 11.3. The lowest BCUT2D eigenvalue weighted by Gasteiger charge is -2.11. The fourth-order valence-corrected chi connectivity index (χ4v) is 2.26. The molecule has 0 aliphatic heterocycles. The topological polar surface area (TPSA) is 75.1 Å². The summed E-state index contributed by atoms with van der Waals surface area (Å²) in [4.78, 5) is 0. The Kier molecular flexibility index (Phi) is 6.45. The van der Waals surface area contributed by atoms with E-state index in [4.69, 9.17) is 21.7 Å². The SMILES string of the molecule is COc1cc(/C=N/NC(=S)Nc2cccc(C(F)(F)F)c2)cc(OC)c1O. The van der Waals surface area contributed by atoms with Crippen molar-refractivity contribution in [2.45, 2.75) is 6.18 Å². The zero-order chi connectivity index (χ0) is 20.0. The Hall–Kier alpha value is -3.01. The molecule has 0 saturated heterocycles. The molecule has 0 bridgehead atoms. The van der Waals surface area contributed by atoms with Crippen molar-refractivity contribution >= 4 is 29.2 Å².